The third-order valence-electron chi connectivity index (χ3n) is 3.29. The monoisotopic (exact) mass is 363 g/mol. The Morgan fingerprint density at radius 3 is 2.36 bits per heavy atom. The number of halogens is 1. The van der Waals surface area contributed by atoms with Gasteiger partial charge in [0.2, 0.25) is 0 Å². The number of hydrogen-bond donors (Lipinski definition) is 1. The van der Waals surface area contributed by atoms with Crippen molar-refractivity contribution in [2.75, 3.05) is 13.2 Å². The fraction of sp³-hybridized carbons (Fsp3) is 0.333. The summed E-state index contributed by atoms with van der Waals surface area (Å²) in [5.74, 6) is 1.58. The van der Waals surface area contributed by atoms with Crippen LogP contribution in [0.2, 0.25) is 0 Å². The smallest absolute Gasteiger partial charge is 0.161 e. The van der Waals surface area contributed by atoms with Crippen LogP contribution in [0.15, 0.2) is 46.9 Å². The van der Waals surface area contributed by atoms with Crippen molar-refractivity contribution in [3.05, 3.63) is 58.1 Å². The number of benzene rings is 2. The quantitative estimate of drug-likeness (QED) is 0.759. The van der Waals surface area contributed by atoms with Gasteiger partial charge >= 0.3 is 0 Å². The molecule has 0 aliphatic carbocycles. The standard InChI is InChI=1S/C18H22BrNO2/c1-2-21-18-12-14(4-3-11-20)7-10-17(18)22-13-15-5-8-16(19)9-6-15/h5-10,12H,2-4,11,13,20H2,1H3. The maximum atomic E-state index is 5.91. The van der Waals surface area contributed by atoms with E-state index in [-0.39, 0.29) is 0 Å². The Morgan fingerprint density at radius 1 is 0.955 bits per heavy atom. The summed E-state index contributed by atoms with van der Waals surface area (Å²) in [6, 6.07) is 14.2. The van der Waals surface area contributed by atoms with Crippen LogP contribution in [0.25, 0.3) is 0 Å². The Hall–Kier alpha value is -1.52. The maximum absolute atomic E-state index is 5.91. The molecule has 2 aromatic rings. The van der Waals surface area contributed by atoms with Crippen LogP contribution in [0.4, 0.5) is 0 Å². The largest absolute Gasteiger partial charge is 0.490 e. The van der Waals surface area contributed by atoms with Crippen LogP contribution in [0.3, 0.4) is 0 Å². The van der Waals surface area contributed by atoms with E-state index in [1.54, 1.807) is 0 Å². The van der Waals surface area contributed by atoms with Crippen molar-refractivity contribution >= 4 is 15.9 Å². The summed E-state index contributed by atoms with van der Waals surface area (Å²) in [6.45, 7) is 3.82. The van der Waals surface area contributed by atoms with Crippen LogP contribution in [-0.2, 0) is 13.0 Å². The molecule has 2 rings (SSSR count). The fourth-order valence-electron chi connectivity index (χ4n) is 2.14. The molecule has 0 radical (unpaired) electrons. The summed E-state index contributed by atoms with van der Waals surface area (Å²) in [6.07, 6.45) is 1.94. The van der Waals surface area contributed by atoms with Gasteiger partial charge in [0.15, 0.2) is 11.5 Å². The van der Waals surface area contributed by atoms with E-state index in [1.165, 1.54) is 5.56 Å². The molecule has 2 aromatic carbocycles. The highest BCUT2D eigenvalue weighted by Crippen LogP contribution is 2.29. The Balaban J connectivity index is 2.06. The zero-order chi connectivity index (χ0) is 15.8. The molecule has 0 aliphatic heterocycles. The second-order valence-electron chi connectivity index (χ2n) is 5.02. The zero-order valence-corrected chi connectivity index (χ0v) is 14.4. The third-order valence-corrected chi connectivity index (χ3v) is 3.81. The molecule has 0 heterocycles. The summed E-state index contributed by atoms with van der Waals surface area (Å²) in [7, 11) is 0. The van der Waals surface area contributed by atoms with E-state index in [4.69, 9.17) is 15.2 Å². The van der Waals surface area contributed by atoms with E-state index in [9.17, 15) is 0 Å². The molecule has 4 heteroatoms. The first-order valence-corrected chi connectivity index (χ1v) is 8.35. The Labute approximate surface area is 140 Å². The van der Waals surface area contributed by atoms with E-state index >= 15 is 0 Å². The summed E-state index contributed by atoms with van der Waals surface area (Å²) < 4.78 is 12.7. The highest BCUT2D eigenvalue weighted by atomic mass is 79.9. The van der Waals surface area contributed by atoms with Gasteiger partial charge in [-0.3, -0.25) is 0 Å². The topological polar surface area (TPSA) is 44.5 Å². The van der Waals surface area contributed by atoms with Crippen molar-refractivity contribution in [1.82, 2.24) is 0 Å². The van der Waals surface area contributed by atoms with E-state index < -0.39 is 0 Å². The van der Waals surface area contributed by atoms with E-state index in [1.807, 2.05) is 37.3 Å². The summed E-state index contributed by atoms with van der Waals surface area (Å²) in [4.78, 5) is 0. The van der Waals surface area contributed by atoms with Crippen molar-refractivity contribution < 1.29 is 9.47 Å². The molecule has 0 unspecified atom stereocenters. The van der Waals surface area contributed by atoms with E-state index in [0.29, 0.717) is 19.8 Å². The normalized spacial score (nSPS) is 10.5. The molecule has 0 fully saturated rings. The van der Waals surface area contributed by atoms with Gasteiger partial charge in [-0.2, -0.15) is 0 Å². The molecule has 3 nitrogen and oxygen atoms in total. The van der Waals surface area contributed by atoms with Crippen molar-refractivity contribution in [2.45, 2.75) is 26.4 Å². The Bertz CT molecular complexity index is 584. The first kappa shape index (κ1) is 16.8. The summed E-state index contributed by atoms with van der Waals surface area (Å²) in [5, 5.41) is 0. The van der Waals surface area contributed by atoms with Gasteiger partial charge in [-0.25, -0.2) is 0 Å². The van der Waals surface area contributed by atoms with Gasteiger partial charge in [-0.05, 0) is 61.7 Å². The molecule has 22 heavy (non-hydrogen) atoms. The molecule has 0 amide bonds. The lowest BCUT2D eigenvalue weighted by Crippen LogP contribution is -2.02. The lowest BCUT2D eigenvalue weighted by molar-refractivity contribution is 0.269. The van der Waals surface area contributed by atoms with Crippen molar-refractivity contribution in [3.8, 4) is 11.5 Å². The van der Waals surface area contributed by atoms with Crippen LogP contribution in [-0.4, -0.2) is 13.2 Å². The molecule has 0 bridgehead atoms. The first-order valence-electron chi connectivity index (χ1n) is 7.56. The fourth-order valence-corrected chi connectivity index (χ4v) is 2.41. The van der Waals surface area contributed by atoms with Crippen LogP contribution in [0, 0.1) is 0 Å². The molecule has 0 spiro atoms. The molecule has 0 aromatic heterocycles. The molecule has 2 N–H and O–H groups in total. The molecular formula is C18H22BrNO2. The van der Waals surface area contributed by atoms with Crippen LogP contribution in [0.5, 0.6) is 11.5 Å². The minimum atomic E-state index is 0.523. The number of hydrogen-bond acceptors (Lipinski definition) is 3. The predicted octanol–water partition coefficient (Wildman–Crippen LogP) is 4.32. The SMILES string of the molecule is CCOc1cc(CCCN)ccc1OCc1ccc(Br)cc1. The second kappa shape index (κ2) is 8.81. The number of ether oxygens (including phenoxy) is 2. The Morgan fingerprint density at radius 2 is 1.68 bits per heavy atom. The van der Waals surface area contributed by atoms with Gasteiger partial charge in [0.25, 0.3) is 0 Å². The molecule has 118 valence electrons. The number of aryl methyl sites for hydroxylation is 1. The number of rotatable bonds is 8. The average molecular weight is 364 g/mol. The molecule has 0 saturated heterocycles. The summed E-state index contributed by atoms with van der Waals surface area (Å²) in [5.41, 5.74) is 7.92. The van der Waals surface area contributed by atoms with Gasteiger partial charge in [0, 0.05) is 4.47 Å². The highest BCUT2D eigenvalue weighted by Gasteiger charge is 2.07. The Kier molecular flexibility index (Phi) is 6.74. The van der Waals surface area contributed by atoms with Gasteiger partial charge in [0.05, 0.1) is 6.61 Å². The number of nitrogens with two attached hydrogens (primary N) is 1. The van der Waals surface area contributed by atoms with Crippen molar-refractivity contribution in [3.63, 3.8) is 0 Å². The van der Waals surface area contributed by atoms with Gasteiger partial charge in [-0.15, -0.1) is 0 Å². The van der Waals surface area contributed by atoms with Gasteiger partial charge in [-0.1, -0.05) is 34.1 Å². The molecular weight excluding hydrogens is 342 g/mol. The maximum Gasteiger partial charge on any atom is 0.161 e. The minimum absolute atomic E-state index is 0.523. The lowest BCUT2D eigenvalue weighted by atomic mass is 10.1. The van der Waals surface area contributed by atoms with Crippen LogP contribution in [0.1, 0.15) is 24.5 Å². The van der Waals surface area contributed by atoms with E-state index in [2.05, 4.69) is 28.1 Å². The van der Waals surface area contributed by atoms with Crippen molar-refractivity contribution in [2.24, 2.45) is 5.73 Å². The van der Waals surface area contributed by atoms with Crippen LogP contribution >= 0.6 is 15.9 Å². The highest BCUT2D eigenvalue weighted by molar-refractivity contribution is 9.10. The molecule has 0 atom stereocenters. The first-order chi connectivity index (χ1) is 10.7. The predicted molar refractivity (Wildman–Crippen MR) is 93.5 cm³/mol. The van der Waals surface area contributed by atoms with Crippen molar-refractivity contribution in [1.29, 1.82) is 0 Å². The van der Waals surface area contributed by atoms with Gasteiger partial charge in [0.1, 0.15) is 6.61 Å². The third kappa shape index (κ3) is 5.04. The lowest BCUT2D eigenvalue weighted by Gasteiger charge is -2.13. The van der Waals surface area contributed by atoms with Crippen LogP contribution < -0.4 is 15.2 Å². The minimum Gasteiger partial charge on any atom is -0.490 e. The van der Waals surface area contributed by atoms with Gasteiger partial charge < -0.3 is 15.2 Å². The van der Waals surface area contributed by atoms with E-state index in [0.717, 1.165) is 34.4 Å². The molecule has 0 aliphatic rings. The summed E-state index contributed by atoms with van der Waals surface area (Å²) >= 11 is 3.43. The second-order valence-corrected chi connectivity index (χ2v) is 5.94. The average Bonchev–Trinajstić information content (AvgIpc) is 2.54. The zero-order valence-electron chi connectivity index (χ0n) is 12.8. The molecule has 0 saturated carbocycles.